The highest BCUT2D eigenvalue weighted by molar-refractivity contribution is 6.39. The van der Waals surface area contributed by atoms with Crippen LogP contribution in [0.4, 0.5) is 34.1 Å². The maximum absolute atomic E-state index is 2.43. The summed E-state index contributed by atoms with van der Waals surface area (Å²) in [5.41, 5.74) is 9.55. The zero-order valence-corrected chi connectivity index (χ0v) is 35.4. The van der Waals surface area contributed by atoms with Gasteiger partial charge in [0.25, 0.3) is 0 Å². The van der Waals surface area contributed by atoms with E-state index in [0.29, 0.717) is 0 Å². The van der Waals surface area contributed by atoms with Crippen LogP contribution in [0.1, 0.15) is 52.7 Å². The molecule has 10 aromatic rings. The summed E-state index contributed by atoms with van der Waals surface area (Å²) in [6, 6.07) is 71.9. The first-order valence-electron chi connectivity index (χ1n) is 21.2. The molecular weight excluding hydrogens is 725 g/mol. The Morgan fingerprint density at radius 3 is 0.883 bits per heavy atom. The molecule has 60 heavy (non-hydrogen) atoms. The number of anilines is 6. The van der Waals surface area contributed by atoms with Gasteiger partial charge in [-0.15, -0.1) is 0 Å². The third-order valence-corrected chi connectivity index (χ3v) is 12.3. The minimum absolute atomic E-state index is 0.0672. The maximum atomic E-state index is 2.43. The van der Waals surface area contributed by atoms with Crippen molar-refractivity contribution in [3.8, 4) is 0 Å². The third kappa shape index (κ3) is 6.44. The van der Waals surface area contributed by atoms with Crippen molar-refractivity contribution in [3.63, 3.8) is 0 Å². The van der Waals surface area contributed by atoms with Gasteiger partial charge in [0.05, 0.1) is 0 Å². The lowest BCUT2D eigenvalue weighted by molar-refractivity contribution is 0.590. The highest BCUT2D eigenvalue weighted by atomic mass is 15.1. The largest absolute Gasteiger partial charge is 0.310 e. The molecule has 0 aliphatic heterocycles. The topological polar surface area (TPSA) is 6.48 Å². The van der Waals surface area contributed by atoms with E-state index in [1.807, 2.05) is 0 Å². The zero-order valence-electron chi connectivity index (χ0n) is 35.4. The van der Waals surface area contributed by atoms with E-state index in [1.54, 1.807) is 0 Å². The average molecular weight is 775 g/mol. The van der Waals surface area contributed by atoms with Crippen LogP contribution in [0.2, 0.25) is 0 Å². The van der Waals surface area contributed by atoms with Crippen molar-refractivity contribution in [2.45, 2.75) is 52.4 Å². The Morgan fingerprint density at radius 2 is 0.533 bits per heavy atom. The van der Waals surface area contributed by atoms with Crippen molar-refractivity contribution in [1.29, 1.82) is 0 Å². The summed E-state index contributed by atoms with van der Waals surface area (Å²) in [4.78, 5) is 4.80. The molecule has 0 bridgehead atoms. The van der Waals surface area contributed by atoms with Gasteiger partial charge in [-0.05, 0) is 149 Å². The highest BCUT2D eigenvalue weighted by Crippen LogP contribution is 2.48. The van der Waals surface area contributed by atoms with Gasteiger partial charge >= 0.3 is 0 Å². The summed E-state index contributed by atoms with van der Waals surface area (Å²) in [6.45, 7) is 13.6. The molecule has 292 valence electrons. The molecule has 0 spiro atoms. The van der Waals surface area contributed by atoms with E-state index < -0.39 is 0 Å². The Morgan fingerprint density at radius 1 is 0.250 bits per heavy atom. The molecule has 0 amide bonds. The molecule has 0 aliphatic rings. The van der Waals surface area contributed by atoms with Crippen molar-refractivity contribution >= 4 is 88.0 Å². The first kappa shape index (κ1) is 37.4. The van der Waals surface area contributed by atoms with Crippen LogP contribution in [-0.2, 0) is 10.8 Å². The molecule has 0 N–H and O–H groups in total. The Hall–Kier alpha value is -6.90. The summed E-state index contributed by atoms with van der Waals surface area (Å²) in [6.07, 6.45) is 0. The molecular formula is C58H50N2. The van der Waals surface area contributed by atoms with E-state index in [1.165, 1.54) is 65.0 Å². The van der Waals surface area contributed by atoms with Crippen molar-refractivity contribution in [1.82, 2.24) is 0 Å². The second-order valence-electron chi connectivity index (χ2n) is 18.2. The van der Waals surface area contributed by atoms with E-state index in [-0.39, 0.29) is 10.8 Å². The van der Waals surface area contributed by atoms with Gasteiger partial charge in [0.2, 0.25) is 0 Å². The lowest BCUT2D eigenvalue weighted by Crippen LogP contribution is -2.13. The van der Waals surface area contributed by atoms with Crippen molar-refractivity contribution in [2.75, 3.05) is 9.80 Å². The second-order valence-corrected chi connectivity index (χ2v) is 18.2. The van der Waals surface area contributed by atoms with Gasteiger partial charge in [-0.3, -0.25) is 0 Å². The molecule has 0 saturated carbocycles. The molecule has 0 unspecified atom stereocenters. The summed E-state index contributed by atoms with van der Waals surface area (Å²) >= 11 is 0. The molecule has 0 heterocycles. The number of hydrogen-bond donors (Lipinski definition) is 0. The maximum Gasteiger partial charge on any atom is 0.0468 e. The van der Waals surface area contributed by atoms with Gasteiger partial charge in [0, 0.05) is 34.1 Å². The predicted octanol–water partition coefficient (Wildman–Crippen LogP) is 17.0. The van der Waals surface area contributed by atoms with Crippen molar-refractivity contribution < 1.29 is 0 Å². The fraction of sp³-hybridized carbons (Fsp3) is 0.138. The summed E-state index contributed by atoms with van der Waals surface area (Å²) in [5, 5.41) is 12.6. The van der Waals surface area contributed by atoms with Crippen LogP contribution in [0.5, 0.6) is 0 Å². The fourth-order valence-corrected chi connectivity index (χ4v) is 9.20. The van der Waals surface area contributed by atoms with Crippen LogP contribution in [-0.4, -0.2) is 0 Å². The number of hydrogen-bond acceptors (Lipinski definition) is 2. The monoisotopic (exact) mass is 774 g/mol. The van der Waals surface area contributed by atoms with Gasteiger partial charge in [-0.25, -0.2) is 0 Å². The predicted molar refractivity (Wildman–Crippen MR) is 261 cm³/mol. The summed E-state index contributed by atoms with van der Waals surface area (Å²) < 4.78 is 0. The van der Waals surface area contributed by atoms with E-state index in [0.717, 1.165) is 34.1 Å². The SMILES string of the molecule is CC(C)(C)c1ccc(N(c2ccccc2)c2ccc3c4ccccc4c4c5cc(N(c6ccccc6)c6ccc(C(C)(C)C)cc6)ccc5c5ccccc5c4c3c2)cc1. The standard InChI is InChI=1S/C58H50N2/c1-57(2,3)39-25-29-43(30-26-39)59(41-17-9-7-10-18-41)45-33-35-49-47-21-13-16-24-52(47)56-54-38-46(34-36-50(54)48-22-14-15-23-51(48)55(56)53(49)37-45)60(42-19-11-8-12-20-42)44-31-27-40(28-32-44)58(4,5)6/h7-38H,1-6H3. The van der Waals surface area contributed by atoms with Crippen LogP contribution in [0.3, 0.4) is 0 Å². The minimum Gasteiger partial charge on any atom is -0.310 e. The van der Waals surface area contributed by atoms with Crippen LogP contribution < -0.4 is 9.80 Å². The normalized spacial score (nSPS) is 12.2. The van der Waals surface area contributed by atoms with Crippen LogP contribution in [0, 0.1) is 0 Å². The Bertz CT molecular complexity index is 2970. The zero-order chi connectivity index (χ0) is 41.2. The van der Waals surface area contributed by atoms with Gasteiger partial charge in [0.15, 0.2) is 0 Å². The van der Waals surface area contributed by atoms with Gasteiger partial charge < -0.3 is 9.80 Å². The summed E-state index contributed by atoms with van der Waals surface area (Å²) in [7, 11) is 0. The molecule has 0 aliphatic carbocycles. The van der Waals surface area contributed by atoms with E-state index in [9.17, 15) is 0 Å². The quantitative estimate of drug-likeness (QED) is 0.155. The number of fused-ring (bicyclic) bond motifs is 11. The summed E-state index contributed by atoms with van der Waals surface area (Å²) in [5.74, 6) is 0. The number of para-hydroxylation sites is 2. The number of rotatable bonds is 6. The first-order chi connectivity index (χ1) is 29.0. The molecule has 0 atom stereocenters. The average Bonchev–Trinajstić information content (AvgIpc) is 3.27. The van der Waals surface area contributed by atoms with Crippen molar-refractivity contribution in [3.05, 3.63) is 205 Å². The Kier molecular flexibility index (Phi) is 8.99. The van der Waals surface area contributed by atoms with E-state index >= 15 is 0 Å². The Balaban J connectivity index is 1.28. The van der Waals surface area contributed by atoms with Gasteiger partial charge in [-0.2, -0.15) is 0 Å². The molecule has 10 rings (SSSR count). The molecule has 0 fully saturated rings. The molecule has 2 heteroatoms. The van der Waals surface area contributed by atoms with E-state index in [4.69, 9.17) is 0 Å². The first-order valence-corrected chi connectivity index (χ1v) is 21.2. The molecule has 0 aromatic heterocycles. The van der Waals surface area contributed by atoms with Crippen LogP contribution in [0.25, 0.3) is 53.9 Å². The Labute approximate surface area is 354 Å². The van der Waals surface area contributed by atoms with E-state index in [2.05, 4.69) is 245 Å². The van der Waals surface area contributed by atoms with Crippen LogP contribution >= 0.6 is 0 Å². The van der Waals surface area contributed by atoms with Gasteiger partial charge in [0.1, 0.15) is 0 Å². The van der Waals surface area contributed by atoms with Gasteiger partial charge in [-0.1, -0.05) is 163 Å². The minimum atomic E-state index is 0.0672. The second kappa shape index (κ2) is 14.4. The third-order valence-electron chi connectivity index (χ3n) is 12.3. The lowest BCUT2D eigenvalue weighted by Gasteiger charge is -2.28. The highest BCUT2D eigenvalue weighted by Gasteiger charge is 2.22. The molecule has 10 aromatic carbocycles. The van der Waals surface area contributed by atoms with Crippen molar-refractivity contribution in [2.24, 2.45) is 0 Å². The number of benzene rings is 10. The number of nitrogens with zero attached hydrogens (tertiary/aromatic N) is 2. The lowest BCUT2D eigenvalue weighted by atomic mass is 9.86. The molecule has 0 radical (unpaired) electrons. The fourth-order valence-electron chi connectivity index (χ4n) is 9.20. The van der Waals surface area contributed by atoms with Crippen LogP contribution in [0.15, 0.2) is 194 Å². The molecule has 0 saturated heterocycles. The smallest absolute Gasteiger partial charge is 0.0468 e. The molecule has 2 nitrogen and oxygen atoms in total.